The van der Waals surface area contributed by atoms with Crippen molar-refractivity contribution in [1.29, 1.82) is 0 Å². The molecule has 0 aromatic heterocycles. The molecule has 0 heterocycles. The first kappa shape index (κ1) is 14.4. The summed E-state index contributed by atoms with van der Waals surface area (Å²) in [5.41, 5.74) is 0. The molecule has 0 saturated carbocycles. The van der Waals surface area contributed by atoms with Crippen LogP contribution in [0.5, 0.6) is 0 Å². The summed E-state index contributed by atoms with van der Waals surface area (Å²) >= 11 is 3.61. The van der Waals surface area contributed by atoms with Gasteiger partial charge in [0.05, 0.1) is 6.61 Å². The van der Waals surface area contributed by atoms with Gasteiger partial charge in [0.25, 0.3) is 0 Å². The Hall–Kier alpha value is 0.400. The van der Waals surface area contributed by atoms with E-state index in [1.807, 2.05) is 0 Å². The Morgan fingerprint density at radius 2 is 2.00 bits per heavy atom. The van der Waals surface area contributed by atoms with E-state index in [0.29, 0.717) is 4.83 Å². The van der Waals surface area contributed by atoms with Crippen LogP contribution in [0.2, 0.25) is 0 Å². The van der Waals surface area contributed by atoms with Gasteiger partial charge in [-0.3, -0.25) is 0 Å². The molecule has 0 bridgehead atoms. The summed E-state index contributed by atoms with van der Waals surface area (Å²) in [6, 6.07) is 0. The minimum absolute atomic E-state index is 0.663. The van der Waals surface area contributed by atoms with Crippen LogP contribution in [0, 0.1) is 0 Å². The molecular formula is C11H24BrNO. The molecule has 0 aromatic carbocycles. The van der Waals surface area contributed by atoms with Gasteiger partial charge in [-0.05, 0) is 25.8 Å². The van der Waals surface area contributed by atoms with Gasteiger partial charge in [0.1, 0.15) is 0 Å². The maximum atomic E-state index is 5.43. The van der Waals surface area contributed by atoms with Crippen LogP contribution in [0.15, 0.2) is 0 Å². The molecule has 0 aliphatic heterocycles. The van der Waals surface area contributed by atoms with Crippen LogP contribution in [0.1, 0.15) is 39.5 Å². The molecule has 0 aromatic rings. The van der Waals surface area contributed by atoms with E-state index in [1.165, 1.54) is 25.7 Å². The Bertz CT molecular complexity index is 111. The Labute approximate surface area is 96.9 Å². The van der Waals surface area contributed by atoms with E-state index < -0.39 is 0 Å². The molecular weight excluding hydrogens is 242 g/mol. The molecule has 2 nitrogen and oxygen atoms in total. The molecule has 0 aliphatic carbocycles. The van der Waals surface area contributed by atoms with E-state index in [2.05, 4.69) is 35.1 Å². The normalized spacial score (nSPS) is 13.1. The van der Waals surface area contributed by atoms with Crippen LogP contribution in [-0.4, -0.2) is 31.1 Å². The molecule has 0 rings (SSSR count). The van der Waals surface area contributed by atoms with Gasteiger partial charge in [-0.1, -0.05) is 36.2 Å². The van der Waals surface area contributed by atoms with Crippen molar-refractivity contribution < 1.29 is 4.74 Å². The average Bonchev–Trinajstić information content (AvgIpc) is 2.21. The van der Waals surface area contributed by atoms with Gasteiger partial charge in [0.15, 0.2) is 0 Å². The van der Waals surface area contributed by atoms with E-state index in [9.17, 15) is 0 Å². The first-order valence-corrected chi connectivity index (χ1v) is 6.65. The second-order valence-corrected chi connectivity index (χ2v) is 4.81. The van der Waals surface area contributed by atoms with Gasteiger partial charge in [0.2, 0.25) is 0 Å². The predicted octanol–water partition coefficient (Wildman–Crippen LogP) is 2.96. The molecule has 0 saturated heterocycles. The fraction of sp³-hybridized carbons (Fsp3) is 1.00. The lowest BCUT2D eigenvalue weighted by molar-refractivity contribution is 0.133. The van der Waals surface area contributed by atoms with Crippen molar-refractivity contribution in [3.05, 3.63) is 0 Å². The van der Waals surface area contributed by atoms with Gasteiger partial charge in [-0.25, -0.2) is 0 Å². The number of nitrogens with one attached hydrogen (secondary N) is 1. The highest BCUT2D eigenvalue weighted by atomic mass is 79.9. The van der Waals surface area contributed by atoms with Crippen molar-refractivity contribution >= 4 is 15.9 Å². The highest BCUT2D eigenvalue weighted by molar-refractivity contribution is 9.09. The van der Waals surface area contributed by atoms with Crippen LogP contribution in [0.3, 0.4) is 0 Å². The second kappa shape index (κ2) is 11.5. The fourth-order valence-corrected chi connectivity index (χ4v) is 1.31. The maximum absolute atomic E-state index is 5.43. The lowest BCUT2D eigenvalue weighted by atomic mass is 10.2. The summed E-state index contributed by atoms with van der Waals surface area (Å²) in [6.07, 6.45) is 4.80. The molecule has 0 spiro atoms. The van der Waals surface area contributed by atoms with Crippen LogP contribution < -0.4 is 5.32 Å². The second-order valence-electron chi connectivity index (χ2n) is 3.51. The van der Waals surface area contributed by atoms with E-state index in [-0.39, 0.29) is 0 Å². The number of alkyl halides is 1. The van der Waals surface area contributed by atoms with E-state index in [4.69, 9.17) is 4.74 Å². The topological polar surface area (TPSA) is 21.3 Å². The van der Waals surface area contributed by atoms with Gasteiger partial charge in [-0.15, -0.1) is 0 Å². The standard InChI is InChI=1S/C11H24BrNO/c1-3-5-9-14-10-8-13-7-6-11(12)4-2/h11,13H,3-10H2,1-2H3. The quantitative estimate of drug-likeness (QED) is 0.485. The zero-order chi connectivity index (χ0) is 10.6. The van der Waals surface area contributed by atoms with Crippen molar-refractivity contribution in [1.82, 2.24) is 5.32 Å². The van der Waals surface area contributed by atoms with E-state index in [0.717, 1.165) is 26.3 Å². The summed E-state index contributed by atoms with van der Waals surface area (Å²) in [7, 11) is 0. The van der Waals surface area contributed by atoms with E-state index >= 15 is 0 Å². The molecule has 1 unspecified atom stereocenters. The highest BCUT2D eigenvalue weighted by Gasteiger charge is 1.98. The highest BCUT2D eigenvalue weighted by Crippen LogP contribution is 2.07. The van der Waals surface area contributed by atoms with Crippen molar-refractivity contribution in [3.63, 3.8) is 0 Å². The Morgan fingerprint density at radius 1 is 1.21 bits per heavy atom. The van der Waals surface area contributed by atoms with Gasteiger partial charge >= 0.3 is 0 Å². The van der Waals surface area contributed by atoms with Gasteiger partial charge in [0, 0.05) is 18.0 Å². The lowest BCUT2D eigenvalue weighted by Gasteiger charge is -2.08. The number of hydrogen-bond donors (Lipinski definition) is 1. The first-order chi connectivity index (χ1) is 6.81. The van der Waals surface area contributed by atoms with Crippen LogP contribution >= 0.6 is 15.9 Å². The molecule has 1 atom stereocenters. The number of halogens is 1. The molecule has 1 N–H and O–H groups in total. The smallest absolute Gasteiger partial charge is 0.0590 e. The molecule has 0 amide bonds. The minimum Gasteiger partial charge on any atom is -0.380 e. The monoisotopic (exact) mass is 265 g/mol. The third-order valence-corrected chi connectivity index (χ3v) is 3.25. The zero-order valence-corrected chi connectivity index (χ0v) is 11.1. The van der Waals surface area contributed by atoms with Crippen molar-refractivity contribution in [2.75, 3.05) is 26.3 Å². The summed E-state index contributed by atoms with van der Waals surface area (Å²) in [6.45, 7) is 8.21. The summed E-state index contributed by atoms with van der Waals surface area (Å²) < 4.78 is 5.43. The molecule has 0 aliphatic rings. The third kappa shape index (κ3) is 10.5. The minimum atomic E-state index is 0.663. The Balaban J connectivity index is 2.92. The summed E-state index contributed by atoms with van der Waals surface area (Å²) in [5, 5.41) is 3.37. The number of rotatable bonds is 10. The number of ether oxygens (including phenoxy) is 1. The lowest BCUT2D eigenvalue weighted by Crippen LogP contribution is -2.22. The SMILES string of the molecule is CCCCOCCNCCC(Br)CC. The van der Waals surface area contributed by atoms with Gasteiger partial charge < -0.3 is 10.1 Å². The fourth-order valence-electron chi connectivity index (χ4n) is 1.08. The maximum Gasteiger partial charge on any atom is 0.0590 e. The average molecular weight is 266 g/mol. The van der Waals surface area contributed by atoms with E-state index in [1.54, 1.807) is 0 Å². The predicted molar refractivity (Wildman–Crippen MR) is 66.2 cm³/mol. The van der Waals surface area contributed by atoms with Crippen LogP contribution in [-0.2, 0) is 4.74 Å². The van der Waals surface area contributed by atoms with Crippen molar-refractivity contribution in [3.8, 4) is 0 Å². The molecule has 14 heavy (non-hydrogen) atoms. The zero-order valence-electron chi connectivity index (χ0n) is 9.52. The summed E-state index contributed by atoms with van der Waals surface area (Å²) in [5.74, 6) is 0. The van der Waals surface area contributed by atoms with Gasteiger partial charge in [-0.2, -0.15) is 0 Å². The Kier molecular flexibility index (Phi) is 11.8. The van der Waals surface area contributed by atoms with Crippen LogP contribution in [0.25, 0.3) is 0 Å². The van der Waals surface area contributed by atoms with Crippen LogP contribution in [0.4, 0.5) is 0 Å². The molecule has 0 fully saturated rings. The largest absolute Gasteiger partial charge is 0.380 e. The van der Waals surface area contributed by atoms with Crippen molar-refractivity contribution in [2.45, 2.75) is 44.4 Å². The first-order valence-electron chi connectivity index (χ1n) is 5.73. The Morgan fingerprint density at radius 3 is 2.64 bits per heavy atom. The molecule has 0 radical (unpaired) electrons. The number of hydrogen-bond acceptors (Lipinski definition) is 2. The molecule has 86 valence electrons. The third-order valence-electron chi connectivity index (χ3n) is 2.14. The van der Waals surface area contributed by atoms with Crippen molar-refractivity contribution in [2.24, 2.45) is 0 Å². The molecule has 3 heteroatoms. The number of unbranched alkanes of at least 4 members (excludes halogenated alkanes) is 1. The summed E-state index contributed by atoms with van der Waals surface area (Å²) in [4.78, 5) is 0.663.